The van der Waals surface area contributed by atoms with Crippen LogP contribution in [0.25, 0.3) is 11.1 Å². The Morgan fingerprint density at radius 2 is 1.29 bits per heavy atom. The molecule has 0 saturated carbocycles. The molecule has 11 bridgehead atoms. The number of phenolic OH excluding ortho intramolecular Hbond substituents is 3. The molecular weight excluding hydrogens is 1700 g/mol. The zero-order chi connectivity index (χ0) is 89.4. The maximum atomic E-state index is 16.4. The lowest BCUT2D eigenvalue weighted by Gasteiger charge is -2.48. The van der Waals surface area contributed by atoms with Gasteiger partial charge in [-0.2, -0.15) is 0 Å². The summed E-state index contributed by atoms with van der Waals surface area (Å²) in [6.45, 7) is 7.43. The predicted molar refractivity (Wildman–Crippen MR) is 448 cm³/mol. The summed E-state index contributed by atoms with van der Waals surface area (Å²) >= 11 is 26.8. The van der Waals surface area contributed by atoms with Crippen molar-refractivity contribution in [2.24, 2.45) is 23.1 Å². The van der Waals surface area contributed by atoms with Gasteiger partial charge in [0, 0.05) is 68.4 Å². The van der Waals surface area contributed by atoms with Gasteiger partial charge in [0.2, 0.25) is 59.3 Å². The van der Waals surface area contributed by atoms with Gasteiger partial charge in [0.05, 0.1) is 44.8 Å². The number of halogens is 4. The molecule has 0 aliphatic carbocycles. The third-order valence-corrected chi connectivity index (χ3v) is 23.1. The monoisotopic (exact) mass is 1800 g/mol. The maximum Gasteiger partial charge on any atom is 0.248 e. The average molecular weight is 1800 g/mol. The number of nitrogens with one attached hydrogen (secondary N) is 10. The molecule has 8 amide bonds. The normalized spacial score (nSPS) is 26.1. The highest BCUT2D eigenvalue weighted by Gasteiger charge is 2.52. The van der Waals surface area contributed by atoms with E-state index in [9.17, 15) is 55.2 Å². The summed E-state index contributed by atoms with van der Waals surface area (Å²) in [5.74, 6) is -14.0. The largest absolute Gasteiger partial charge is 0.508 e. The first-order valence-electron chi connectivity index (χ1n) is 39.7. The Labute approximate surface area is 730 Å². The molecule has 40 heteroatoms. The minimum absolute atomic E-state index is 0.105. The highest BCUT2D eigenvalue weighted by Crippen LogP contribution is 2.50. The Bertz CT molecular complexity index is 5140. The summed E-state index contributed by atoms with van der Waals surface area (Å²) in [5, 5.41) is 124. The molecule has 0 radical (unpaired) electrons. The Kier molecular flexibility index (Phi) is 30.1. The van der Waals surface area contributed by atoms with Crippen molar-refractivity contribution < 1.29 is 112 Å². The number of likely N-dealkylation sites (N-methyl/N-ethyl adjacent to an activating group) is 1. The van der Waals surface area contributed by atoms with Gasteiger partial charge >= 0.3 is 0 Å². The molecule has 14 rings (SSSR count). The fraction of sp³-hybridized carbons (Fsp3) is 0.405. The molecule has 2 saturated heterocycles. The quantitative estimate of drug-likeness (QED) is 0.0386. The summed E-state index contributed by atoms with van der Waals surface area (Å²) in [5.41, 5.74) is 15.7. The van der Waals surface area contributed by atoms with Crippen molar-refractivity contribution in [3.05, 3.63) is 180 Å². The van der Waals surface area contributed by atoms with Crippen LogP contribution in [0.15, 0.2) is 121 Å². The fourth-order valence-electron chi connectivity index (χ4n) is 15.1. The predicted octanol–water partition coefficient (Wildman–Crippen LogP) is 3.37. The Balaban J connectivity index is 1.02. The average Bonchev–Trinajstić information content (AvgIpc) is 0.763. The number of hydrogen-bond acceptors (Lipinski definition) is 28. The van der Waals surface area contributed by atoms with Crippen LogP contribution in [0, 0.1) is 5.92 Å². The van der Waals surface area contributed by atoms with Gasteiger partial charge in [0.15, 0.2) is 23.9 Å². The summed E-state index contributed by atoms with van der Waals surface area (Å²) < 4.78 is 46.0. The second-order valence-corrected chi connectivity index (χ2v) is 32.8. The SMILES string of the molecule is CN[C@H](CC(C)C)C(=O)N[C@H]1C(=O)N[C@@H](CC(N)=O)C(=O)N[C@H]2C(=O)N[C@H]3C(=O)N[C@H](C(=O)N[C@@H](C(=O)NCCNCCN)c4cc(O)cc(O)c4-c4cc3ccc4O)[C@H](O)c3ccc(c(Cl)c3)Oc3cc2cc(c3OC2OC(CN)C(O)C(O)C2OC2CC(C)(NCc3ccc(OCc4ccc(Cl)c(Cl)c4)cc3)C(O)C(C)O2)Oc2ccc(cc2Cl)[C@H]1O. The molecular formula is C84H97Cl4N13O23. The van der Waals surface area contributed by atoms with Crippen LogP contribution < -0.4 is 89.3 Å². The second kappa shape index (κ2) is 40.2. The smallest absolute Gasteiger partial charge is 0.248 e. The third kappa shape index (κ3) is 21.4. The van der Waals surface area contributed by atoms with Crippen molar-refractivity contribution in [3.8, 4) is 62.9 Å². The van der Waals surface area contributed by atoms with E-state index < -0.39 is 220 Å². The topological polar surface area (TPSA) is 561 Å². The summed E-state index contributed by atoms with van der Waals surface area (Å²) in [7, 11) is 1.48. The van der Waals surface area contributed by atoms with E-state index in [-0.39, 0.29) is 95.9 Å². The van der Waals surface area contributed by atoms with Gasteiger partial charge in [-0.05, 0) is 151 Å². The molecule has 7 aromatic carbocycles. The molecule has 24 N–H and O–H groups in total. The number of nitrogens with two attached hydrogens (primary N) is 3. The molecule has 664 valence electrons. The number of amides is 8. The van der Waals surface area contributed by atoms with E-state index in [2.05, 4.69) is 53.2 Å². The number of hydrogen-bond donors (Lipinski definition) is 21. The number of carbonyl (C=O) groups excluding carboxylic acids is 8. The number of fused-ring (bicyclic) bond motifs is 15. The molecule has 7 aliphatic heterocycles. The van der Waals surface area contributed by atoms with Crippen molar-refractivity contribution in [1.82, 2.24) is 53.2 Å². The van der Waals surface area contributed by atoms with E-state index in [1.165, 1.54) is 31.3 Å². The number of aliphatic hydroxyl groups excluding tert-OH is 5. The zero-order valence-corrected chi connectivity index (χ0v) is 70.5. The number of ether oxygens (including phenoxy) is 7. The highest BCUT2D eigenvalue weighted by molar-refractivity contribution is 6.42. The van der Waals surface area contributed by atoms with E-state index >= 15 is 24.0 Å². The summed E-state index contributed by atoms with van der Waals surface area (Å²) in [6, 6.07) is 12.8. The van der Waals surface area contributed by atoms with Crippen LogP contribution >= 0.6 is 46.4 Å². The van der Waals surface area contributed by atoms with Crippen LogP contribution in [0.2, 0.25) is 20.1 Å². The number of benzene rings is 7. The van der Waals surface area contributed by atoms with Crippen molar-refractivity contribution in [1.29, 1.82) is 0 Å². The van der Waals surface area contributed by atoms with Crippen molar-refractivity contribution in [2.45, 2.75) is 169 Å². The standard InChI is InChI=1S/C84H97Cl4N13O23/c1-36(2)22-52(92-5)76(111)100-67-69(106)41-10-16-56(50(87)25-41)120-58-27-43-28-59(73(58)124-83-74(72(109)71(108)60(33-90)122-83)123-62-32-84(4,75(110)37(3)119-62)95-34-38-6-12-45(13-7-38)118-35-39-8-14-48(85)49(86)23-39)121-57-17-11-42(26-51(57)88)70(107)68-82(117)99-66(78(113)94-21-20-93-19-18-89)47-29-44(102)30-55(104)63(47)46-24-40(9-15-54(46)103)64(79(114)101-68)98-80(115)65(43)97-77(112)53(31-61(91)105)96-81(67)116/h6-17,23-30,36-37,52-53,60,62,64-72,74-75,83,92-93,95,102-104,106-110H,18-22,31-35,89-90H2,1-5H3,(H2,91,105)(H,94,113)(H,96,116)(H,97,112)(H,98,115)(H,99,117)(H,100,111)(H,101,114)/t37?,52-,53+,60?,62?,64-,65-,66-,67-,68+,69-,70-,71?,72?,74?,75?,83?,84?/m1/s1. The molecule has 9 unspecified atom stereocenters. The summed E-state index contributed by atoms with van der Waals surface area (Å²) in [6.07, 6.45) is -18.1. The van der Waals surface area contributed by atoms with Crippen LogP contribution in [0.3, 0.4) is 0 Å². The van der Waals surface area contributed by atoms with Gasteiger partial charge in [0.25, 0.3) is 0 Å². The second-order valence-electron chi connectivity index (χ2n) is 31.2. The molecule has 7 aliphatic rings. The Morgan fingerprint density at radius 3 is 1.93 bits per heavy atom. The number of primary amides is 1. The number of phenols is 3. The first kappa shape index (κ1) is 92.7. The van der Waals surface area contributed by atoms with Gasteiger partial charge in [-0.1, -0.05) is 96.6 Å². The van der Waals surface area contributed by atoms with E-state index in [0.29, 0.717) is 22.3 Å². The Hall–Kier alpha value is -10.5. The van der Waals surface area contributed by atoms with E-state index in [0.717, 1.165) is 65.7 Å². The lowest BCUT2D eigenvalue weighted by molar-refractivity contribution is -0.331. The van der Waals surface area contributed by atoms with Gasteiger partial charge in [0.1, 0.15) is 108 Å². The van der Waals surface area contributed by atoms with Gasteiger partial charge in [-0.25, -0.2) is 0 Å². The molecule has 124 heavy (non-hydrogen) atoms. The lowest BCUT2D eigenvalue weighted by Crippen LogP contribution is -2.65. The molecule has 2 fully saturated rings. The number of aromatic hydroxyl groups is 3. The van der Waals surface area contributed by atoms with Crippen molar-refractivity contribution >= 4 is 93.7 Å². The molecule has 7 aromatic rings. The zero-order valence-electron chi connectivity index (χ0n) is 67.5. The minimum atomic E-state index is -2.35. The molecule has 0 aromatic heterocycles. The van der Waals surface area contributed by atoms with Crippen LogP contribution in [0.5, 0.6) is 51.7 Å². The van der Waals surface area contributed by atoms with Crippen molar-refractivity contribution in [3.63, 3.8) is 0 Å². The van der Waals surface area contributed by atoms with Crippen LogP contribution in [-0.4, -0.2) is 207 Å². The molecule has 7 heterocycles. The third-order valence-electron chi connectivity index (χ3n) is 21.7. The van der Waals surface area contributed by atoms with E-state index in [1.54, 1.807) is 44.2 Å². The minimum Gasteiger partial charge on any atom is -0.508 e. The fourth-order valence-corrected chi connectivity index (χ4v) is 15.9. The van der Waals surface area contributed by atoms with E-state index in [4.69, 9.17) is 96.8 Å². The van der Waals surface area contributed by atoms with Crippen LogP contribution in [0.1, 0.15) is 116 Å². The van der Waals surface area contributed by atoms with E-state index in [1.807, 2.05) is 26.0 Å². The molecule has 0 spiro atoms. The van der Waals surface area contributed by atoms with Crippen LogP contribution in [0.4, 0.5) is 0 Å². The first-order chi connectivity index (χ1) is 59.0. The lowest BCUT2D eigenvalue weighted by atomic mass is 9.84. The first-order valence-corrected chi connectivity index (χ1v) is 41.2. The number of rotatable bonds is 24. The van der Waals surface area contributed by atoms with Gasteiger partial charge in [-0.3, -0.25) is 38.4 Å². The van der Waals surface area contributed by atoms with Gasteiger partial charge in [-0.15, -0.1) is 0 Å². The van der Waals surface area contributed by atoms with Crippen LogP contribution in [-0.2, 0) is 65.7 Å². The Morgan fingerprint density at radius 1 is 0.645 bits per heavy atom. The highest BCUT2D eigenvalue weighted by atomic mass is 35.5. The number of carbonyl (C=O) groups is 8. The molecule has 18 atom stereocenters. The molecule has 36 nitrogen and oxygen atoms in total. The van der Waals surface area contributed by atoms with Crippen molar-refractivity contribution in [2.75, 3.05) is 39.8 Å². The maximum absolute atomic E-state index is 16.4. The summed E-state index contributed by atoms with van der Waals surface area (Å²) in [4.78, 5) is 121. The van der Waals surface area contributed by atoms with Gasteiger partial charge < -0.3 is 144 Å². The number of aliphatic hydroxyl groups is 5.